The summed E-state index contributed by atoms with van der Waals surface area (Å²) in [6, 6.07) is 7.26. The Morgan fingerprint density at radius 3 is 2.93 bits per heavy atom. The van der Waals surface area contributed by atoms with Gasteiger partial charge in [0.1, 0.15) is 12.4 Å². The summed E-state index contributed by atoms with van der Waals surface area (Å²) in [5.74, 6) is 1.23. The molecule has 2 aromatic heterocycles. The van der Waals surface area contributed by atoms with Crippen molar-refractivity contribution >= 4 is 40.0 Å². The van der Waals surface area contributed by atoms with Crippen molar-refractivity contribution < 1.29 is 9.53 Å². The van der Waals surface area contributed by atoms with Gasteiger partial charge in [0.15, 0.2) is 11.5 Å². The first-order valence-electron chi connectivity index (χ1n) is 8.56. The van der Waals surface area contributed by atoms with Crippen molar-refractivity contribution in [1.29, 1.82) is 0 Å². The summed E-state index contributed by atoms with van der Waals surface area (Å²) >= 11 is 6.25. The molecule has 4 rings (SSSR count). The Balaban J connectivity index is 1.61. The molecule has 1 N–H and O–H groups in total. The third-order valence-electron chi connectivity index (χ3n) is 4.52. The molecule has 0 spiro atoms. The highest BCUT2D eigenvalue weighted by molar-refractivity contribution is 6.33. The molecule has 27 heavy (non-hydrogen) atoms. The Bertz CT molecular complexity index is 1000. The molecule has 3 aromatic rings. The van der Waals surface area contributed by atoms with Gasteiger partial charge in [-0.25, -0.2) is 9.97 Å². The van der Waals surface area contributed by atoms with Gasteiger partial charge in [-0.1, -0.05) is 23.7 Å². The number of anilines is 2. The zero-order valence-corrected chi connectivity index (χ0v) is 15.8. The molecule has 1 aliphatic heterocycles. The highest BCUT2D eigenvalue weighted by atomic mass is 35.5. The number of amides is 1. The molecule has 1 atom stereocenters. The maximum atomic E-state index is 12.5. The van der Waals surface area contributed by atoms with E-state index in [0.717, 1.165) is 11.1 Å². The van der Waals surface area contributed by atoms with E-state index in [0.29, 0.717) is 41.9 Å². The highest BCUT2D eigenvalue weighted by Crippen LogP contribution is 2.30. The van der Waals surface area contributed by atoms with Gasteiger partial charge in [0.05, 0.1) is 28.3 Å². The molecular weight excluding hydrogens is 368 g/mol. The van der Waals surface area contributed by atoms with Crippen LogP contribution in [-0.2, 0) is 23.2 Å². The van der Waals surface area contributed by atoms with E-state index in [1.165, 1.54) is 0 Å². The molecule has 1 saturated heterocycles. The topological polar surface area (TPSA) is 85.2 Å². The number of ether oxygens (including phenoxy) is 1. The van der Waals surface area contributed by atoms with Crippen LogP contribution >= 0.6 is 11.6 Å². The second-order valence-electron chi connectivity index (χ2n) is 6.43. The van der Waals surface area contributed by atoms with Crippen molar-refractivity contribution in [3.8, 4) is 0 Å². The summed E-state index contributed by atoms with van der Waals surface area (Å²) in [7, 11) is 3.43. The van der Waals surface area contributed by atoms with Gasteiger partial charge >= 0.3 is 0 Å². The number of carbonyl (C=O) groups is 1. The Kier molecular flexibility index (Phi) is 4.67. The highest BCUT2D eigenvalue weighted by Gasteiger charge is 2.32. The fourth-order valence-corrected chi connectivity index (χ4v) is 3.51. The van der Waals surface area contributed by atoms with Gasteiger partial charge in [0, 0.05) is 27.1 Å². The van der Waals surface area contributed by atoms with E-state index >= 15 is 0 Å². The molecule has 0 aliphatic carbocycles. The summed E-state index contributed by atoms with van der Waals surface area (Å²) in [6.45, 7) is 0.805. The number of hydrogen-bond acceptors (Lipinski definition) is 6. The van der Waals surface area contributed by atoms with Crippen LogP contribution in [0.4, 0.5) is 11.5 Å². The van der Waals surface area contributed by atoms with Crippen LogP contribution < -0.4 is 10.2 Å². The SMILES string of the molecule is COCc1nc(N[C@H]2CC(=O)N(c3ccccc3Cl)C2)c2cnn(C)c2n1. The Labute approximate surface area is 161 Å². The Morgan fingerprint density at radius 2 is 2.15 bits per heavy atom. The summed E-state index contributed by atoms with van der Waals surface area (Å²) in [4.78, 5) is 23.3. The van der Waals surface area contributed by atoms with E-state index in [9.17, 15) is 4.79 Å². The van der Waals surface area contributed by atoms with Crippen molar-refractivity contribution in [2.45, 2.75) is 19.1 Å². The van der Waals surface area contributed by atoms with Gasteiger partial charge in [-0.05, 0) is 12.1 Å². The van der Waals surface area contributed by atoms with Crippen LogP contribution in [0.2, 0.25) is 5.02 Å². The molecule has 0 radical (unpaired) electrons. The largest absolute Gasteiger partial charge is 0.377 e. The number of hydrogen-bond donors (Lipinski definition) is 1. The minimum Gasteiger partial charge on any atom is -0.377 e. The molecule has 8 nitrogen and oxygen atoms in total. The van der Waals surface area contributed by atoms with Crippen molar-refractivity contribution in [3.63, 3.8) is 0 Å². The summed E-state index contributed by atoms with van der Waals surface area (Å²) in [5, 5.41) is 9.01. The summed E-state index contributed by atoms with van der Waals surface area (Å²) in [5.41, 5.74) is 1.44. The number of methoxy groups -OCH3 is 1. The first-order valence-corrected chi connectivity index (χ1v) is 8.93. The van der Waals surface area contributed by atoms with Gasteiger partial charge in [-0.3, -0.25) is 9.48 Å². The molecular formula is C18H19ClN6O2. The van der Waals surface area contributed by atoms with Gasteiger partial charge < -0.3 is 15.0 Å². The molecule has 1 amide bonds. The normalized spacial score (nSPS) is 17.1. The van der Waals surface area contributed by atoms with Gasteiger partial charge in [0.25, 0.3) is 0 Å². The average molecular weight is 387 g/mol. The van der Waals surface area contributed by atoms with E-state index in [1.54, 1.807) is 29.0 Å². The second kappa shape index (κ2) is 7.13. The number of aryl methyl sites for hydroxylation is 1. The smallest absolute Gasteiger partial charge is 0.229 e. The lowest BCUT2D eigenvalue weighted by atomic mass is 10.2. The quantitative estimate of drug-likeness (QED) is 0.724. The second-order valence-corrected chi connectivity index (χ2v) is 6.84. The molecule has 3 heterocycles. The van der Waals surface area contributed by atoms with E-state index in [-0.39, 0.29) is 11.9 Å². The number of rotatable bonds is 5. The molecule has 0 unspecified atom stereocenters. The maximum absolute atomic E-state index is 12.5. The van der Waals surface area contributed by atoms with Crippen molar-refractivity contribution in [1.82, 2.24) is 19.7 Å². The maximum Gasteiger partial charge on any atom is 0.229 e. The average Bonchev–Trinajstić information content (AvgIpc) is 3.19. The molecule has 1 aliphatic rings. The molecule has 140 valence electrons. The zero-order chi connectivity index (χ0) is 19.0. The van der Waals surface area contributed by atoms with E-state index in [1.807, 2.05) is 25.2 Å². The number of benzene rings is 1. The fraction of sp³-hybridized carbons (Fsp3) is 0.333. The predicted molar refractivity (Wildman–Crippen MR) is 103 cm³/mol. The molecule has 1 aromatic carbocycles. The first-order chi connectivity index (χ1) is 13.1. The van der Waals surface area contributed by atoms with E-state index in [2.05, 4.69) is 20.4 Å². The summed E-state index contributed by atoms with van der Waals surface area (Å²) in [6.07, 6.45) is 2.08. The number of carbonyl (C=O) groups excluding carboxylic acids is 1. The van der Waals surface area contributed by atoms with Crippen LogP contribution in [0.3, 0.4) is 0 Å². The van der Waals surface area contributed by atoms with E-state index < -0.39 is 0 Å². The molecule has 1 fully saturated rings. The third-order valence-corrected chi connectivity index (χ3v) is 4.84. The number of nitrogens with one attached hydrogen (secondary N) is 1. The minimum atomic E-state index is -0.0949. The first kappa shape index (κ1) is 17.7. The Hall–Kier alpha value is -2.71. The summed E-state index contributed by atoms with van der Waals surface area (Å²) < 4.78 is 6.86. The number of fused-ring (bicyclic) bond motifs is 1. The van der Waals surface area contributed by atoms with Crippen LogP contribution in [0.5, 0.6) is 0 Å². The van der Waals surface area contributed by atoms with Gasteiger partial charge in [0.2, 0.25) is 5.91 Å². The minimum absolute atomic E-state index is 0.0224. The van der Waals surface area contributed by atoms with Crippen LogP contribution in [0.25, 0.3) is 11.0 Å². The van der Waals surface area contributed by atoms with E-state index in [4.69, 9.17) is 16.3 Å². The molecule has 0 saturated carbocycles. The third kappa shape index (κ3) is 3.33. The number of nitrogens with zero attached hydrogens (tertiary/aromatic N) is 5. The van der Waals surface area contributed by atoms with Gasteiger partial charge in [-0.2, -0.15) is 5.10 Å². The lowest BCUT2D eigenvalue weighted by molar-refractivity contribution is -0.117. The number of aromatic nitrogens is 4. The number of halogens is 1. The zero-order valence-electron chi connectivity index (χ0n) is 15.0. The van der Waals surface area contributed by atoms with Crippen molar-refractivity contribution in [2.24, 2.45) is 7.05 Å². The van der Waals surface area contributed by atoms with Crippen LogP contribution in [0, 0.1) is 0 Å². The molecule has 9 heteroatoms. The van der Waals surface area contributed by atoms with Crippen LogP contribution in [-0.4, -0.2) is 45.4 Å². The Morgan fingerprint density at radius 1 is 1.33 bits per heavy atom. The lowest BCUT2D eigenvalue weighted by Gasteiger charge is -2.19. The standard InChI is InChI=1S/C18H19ClN6O2/c1-24-18-12(8-20-24)17(22-15(23-18)10-27-2)21-11-7-16(26)25(9-11)14-6-4-3-5-13(14)19/h3-6,8,11H,7,9-10H2,1-2H3,(H,21,22,23)/t11-/m0/s1. The van der Waals surface area contributed by atoms with Gasteiger partial charge in [-0.15, -0.1) is 0 Å². The van der Waals surface area contributed by atoms with Crippen LogP contribution in [0.15, 0.2) is 30.5 Å². The van der Waals surface area contributed by atoms with Crippen LogP contribution in [0.1, 0.15) is 12.2 Å². The monoisotopic (exact) mass is 386 g/mol. The van der Waals surface area contributed by atoms with Crippen molar-refractivity contribution in [2.75, 3.05) is 23.9 Å². The lowest BCUT2D eigenvalue weighted by Crippen LogP contribution is -2.28. The van der Waals surface area contributed by atoms with Crippen molar-refractivity contribution in [3.05, 3.63) is 41.3 Å². The number of para-hydroxylation sites is 1. The fourth-order valence-electron chi connectivity index (χ4n) is 3.27. The predicted octanol–water partition coefficient (Wildman–Crippen LogP) is 2.38. The molecule has 0 bridgehead atoms.